The largest absolute Gasteiger partial charge is 0.480 e. The summed E-state index contributed by atoms with van der Waals surface area (Å²) in [7, 11) is 1.62. The van der Waals surface area contributed by atoms with Crippen LogP contribution in [0.15, 0.2) is 12.3 Å². The molecule has 0 aliphatic rings. The zero-order chi connectivity index (χ0) is 9.84. The molecule has 1 unspecified atom stereocenters. The molecule has 1 aromatic rings. The molecule has 0 bridgehead atoms. The van der Waals surface area contributed by atoms with Crippen LogP contribution in [0.3, 0.4) is 0 Å². The fourth-order valence-electron chi connectivity index (χ4n) is 1.06. The van der Waals surface area contributed by atoms with Gasteiger partial charge in [-0.3, -0.25) is 9.48 Å². The molecule has 5 heteroatoms. The number of carbonyl (C=O) groups is 1. The van der Waals surface area contributed by atoms with Crippen molar-refractivity contribution in [3.63, 3.8) is 0 Å². The quantitative estimate of drug-likeness (QED) is 0.682. The number of aliphatic carboxylic acids is 1. The van der Waals surface area contributed by atoms with E-state index in [-0.39, 0.29) is 0 Å². The van der Waals surface area contributed by atoms with Gasteiger partial charge in [-0.2, -0.15) is 5.10 Å². The monoisotopic (exact) mass is 183 g/mol. The lowest BCUT2D eigenvalue weighted by molar-refractivity contribution is -0.139. The molecule has 2 N–H and O–H groups in total. The Balaban J connectivity index is 2.67. The van der Waals surface area contributed by atoms with Crippen LogP contribution in [0.5, 0.6) is 0 Å². The Hall–Kier alpha value is -1.36. The number of aromatic nitrogens is 2. The normalized spacial score (nSPS) is 12.8. The van der Waals surface area contributed by atoms with Crippen LogP contribution in [-0.2, 0) is 11.3 Å². The summed E-state index contributed by atoms with van der Waals surface area (Å²) in [6.07, 6.45) is 1.66. The smallest absolute Gasteiger partial charge is 0.322 e. The standard InChI is InChI=1S/C8H13N3O2/c1-6-3-4-10-11(6)5-7(9-2)8(12)13/h3-4,7,9H,5H2,1-2H3,(H,12,13). The molecular weight excluding hydrogens is 170 g/mol. The third-order valence-electron chi connectivity index (χ3n) is 1.93. The van der Waals surface area contributed by atoms with Crippen molar-refractivity contribution in [2.75, 3.05) is 7.05 Å². The lowest BCUT2D eigenvalue weighted by atomic mass is 10.3. The van der Waals surface area contributed by atoms with Crippen LogP contribution in [0.1, 0.15) is 5.69 Å². The minimum atomic E-state index is -0.864. The molecule has 5 nitrogen and oxygen atoms in total. The van der Waals surface area contributed by atoms with E-state index < -0.39 is 12.0 Å². The number of hydrogen-bond acceptors (Lipinski definition) is 3. The van der Waals surface area contributed by atoms with E-state index in [1.165, 1.54) is 0 Å². The van der Waals surface area contributed by atoms with Gasteiger partial charge in [0.25, 0.3) is 0 Å². The molecule has 72 valence electrons. The molecule has 0 saturated carbocycles. The third kappa shape index (κ3) is 2.29. The van der Waals surface area contributed by atoms with Gasteiger partial charge >= 0.3 is 5.97 Å². The van der Waals surface area contributed by atoms with Crippen LogP contribution in [0.4, 0.5) is 0 Å². The van der Waals surface area contributed by atoms with Gasteiger partial charge in [-0.05, 0) is 20.0 Å². The van der Waals surface area contributed by atoms with Gasteiger partial charge in [0.05, 0.1) is 6.54 Å². The number of carboxylic acid groups (broad SMARTS) is 1. The number of nitrogens with one attached hydrogen (secondary N) is 1. The summed E-state index contributed by atoms with van der Waals surface area (Å²) in [5.41, 5.74) is 0.960. The lowest BCUT2D eigenvalue weighted by Crippen LogP contribution is -2.38. The summed E-state index contributed by atoms with van der Waals surface area (Å²) in [6, 6.07) is 1.26. The minimum Gasteiger partial charge on any atom is -0.480 e. The molecule has 0 saturated heterocycles. The summed E-state index contributed by atoms with van der Waals surface area (Å²) in [6.45, 7) is 2.24. The lowest BCUT2D eigenvalue weighted by Gasteiger charge is -2.11. The number of nitrogens with zero attached hydrogens (tertiary/aromatic N) is 2. The van der Waals surface area contributed by atoms with Crippen molar-refractivity contribution >= 4 is 5.97 Å². The Kier molecular flexibility index (Phi) is 3.02. The molecule has 1 rings (SSSR count). The third-order valence-corrected chi connectivity index (χ3v) is 1.93. The summed E-state index contributed by atoms with van der Waals surface area (Å²) in [4.78, 5) is 10.7. The number of aryl methyl sites for hydroxylation is 1. The second-order valence-corrected chi connectivity index (χ2v) is 2.83. The maximum atomic E-state index is 10.7. The Bertz CT molecular complexity index is 295. The van der Waals surface area contributed by atoms with Gasteiger partial charge in [0, 0.05) is 11.9 Å². The molecule has 0 amide bonds. The van der Waals surface area contributed by atoms with E-state index in [9.17, 15) is 4.79 Å². The van der Waals surface area contributed by atoms with Crippen LogP contribution in [-0.4, -0.2) is 33.9 Å². The molecule has 0 spiro atoms. The first-order chi connectivity index (χ1) is 6.15. The summed E-state index contributed by atoms with van der Waals surface area (Å²) in [5, 5.41) is 15.5. The van der Waals surface area contributed by atoms with Crippen molar-refractivity contribution in [1.29, 1.82) is 0 Å². The summed E-state index contributed by atoms with van der Waals surface area (Å²) in [5.74, 6) is -0.864. The SMILES string of the molecule is CNC(Cn1nccc1C)C(=O)O. The van der Waals surface area contributed by atoms with E-state index in [4.69, 9.17) is 5.11 Å². The molecule has 13 heavy (non-hydrogen) atoms. The highest BCUT2D eigenvalue weighted by atomic mass is 16.4. The van der Waals surface area contributed by atoms with E-state index in [1.54, 1.807) is 17.9 Å². The maximum Gasteiger partial charge on any atom is 0.322 e. The fraction of sp³-hybridized carbons (Fsp3) is 0.500. The Morgan fingerprint density at radius 1 is 1.85 bits per heavy atom. The van der Waals surface area contributed by atoms with Crippen molar-refractivity contribution in [1.82, 2.24) is 15.1 Å². The van der Waals surface area contributed by atoms with Crippen LogP contribution in [0.2, 0.25) is 0 Å². The van der Waals surface area contributed by atoms with Crippen LogP contribution in [0.25, 0.3) is 0 Å². The van der Waals surface area contributed by atoms with Crippen molar-refractivity contribution in [3.8, 4) is 0 Å². The second kappa shape index (κ2) is 4.04. The maximum absolute atomic E-state index is 10.7. The second-order valence-electron chi connectivity index (χ2n) is 2.83. The highest BCUT2D eigenvalue weighted by molar-refractivity contribution is 5.73. The highest BCUT2D eigenvalue weighted by Gasteiger charge is 2.15. The minimum absolute atomic E-state index is 0.352. The van der Waals surface area contributed by atoms with Crippen LogP contribution < -0.4 is 5.32 Å². The number of rotatable bonds is 4. The van der Waals surface area contributed by atoms with Gasteiger partial charge in [0.15, 0.2) is 0 Å². The number of carboxylic acids is 1. The van der Waals surface area contributed by atoms with Gasteiger partial charge in [0.1, 0.15) is 6.04 Å². The van der Waals surface area contributed by atoms with Gasteiger partial charge in [-0.15, -0.1) is 0 Å². The zero-order valence-electron chi connectivity index (χ0n) is 7.69. The van der Waals surface area contributed by atoms with Gasteiger partial charge in [-0.1, -0.05) is 0 Å². The highest BCUT2D eigenvalue weighted by Crippen LogP contribution is 1.98. The molecule has 1 heterocycles. The van der Waals surface area contributed by atoms with E-state index in [0.29, 0.717) is 6.54 Å². The molecule has 0 aliphatic heterocycles. The van der Waals surface area contributed by atoms with Gasteiger partial charge < -0.3 is 10.4 Å². The summed E-state index contributed by atoms with van der Waals surface area (Å²) < 4.78 is 1.66. The molecule has 1 aromatic heterocycles. The molecule has 1 atom stereocenters. The van der Waals surface area contributed by atoms with E-state index in [1.807, 2.05) is 13.0 Å². The first-order valence-electron chi connectivity index (χ1n) is 4.03. The van der Waals surface area contributed by atoms with Gasteiger partial charge in [0.2, 0.25) is 0 Å². The predicted octanol–water partition coefficient (Wildman–Crippen LogP) is -0.136. The van der Waals surface area contributed by atoms with Crippen LogP contribution in [0, 0.1) is 6.92 Å². The predicted molar refractivity (Wildman–Crippen MR) is 47.4 cm³/mol. The molecule has 0 aromatic carbocycles. The van der Waals surface area contributed by atoms with Crippen molar-refractivity contribution < 1.29 is 9.90 Å². The fourth-order valence-corrected chi connectivity index (χ4v) is 1.06. The van der Waals surface area contributed by atoms with Crippen molar-refractivity contribution in [2.45, 2.75) is 19.5 Å². The number of likely N-dealkylation sites (N-methyl/N-ethyl adjacent to an activating group) is 1. The molecular formula is C8H13N3O2. The van der Waals surface area contributed by atoms with E-state index in [2.05, 4.69) is 10.4 Å². The Morgan fingerprint density at radius 3 is 2.92 bits per heavy atom. The first kappa shape index (κ1) is 9.73. The van der Waals surface area contributed by atoms with Gasteiger partial charge in [-0.25, -0.2) is 0 Å². The first-order valence-corrected chi connectivity index (χ1v) is 4.03. The molecule has 0 aliphatic carbocycles. The van der Waals surface area contributed by atoms with E-state index in [0.717, 1.165) is 5.69 Å². The molecule has 0 radical (unpaired) electrons. The number of hydrogen-bond donors (Lipinski definition) is 2. The molecule has 0 fully saturated rings. The summed E-state index contributed by atoms with van der Waals surface area (Å²) >= 11 is 0. The Morgan fingerprint density at radius 2 is 2.54 bits per heavy atom. The average molecular weight is 183 g/mol. The zero-order valence-corrected chi connectivity index (χ0v) is 7.69. The van der Waals surface area contributed by atoms with Crippen molar-refractivity contribution in [2.24, 2.45) is 0 Å². The van der Waals surface area contributed by atoms with E-state index >= 15 is 0 Å². The topological polar surface area (TPSA) is 67.2 Å². The van der Waals surface area contributed by atoms with Crippen molar-refractivity contribution in [3.05, 3.63) is 18.0 Å². The average Bonchev–Trinajstić information content (AvgIpc) is 2.46. The van der Waals surface area contributed by atoms with Crippen LogP contribution >= 0.6 is 0 Å². The Labute approximate surface area is 76.4 Å².